The predicted octanol–water partition coefficient (Wildman–Crippen LogP) is 2.43. The van der Waals surface area contributed by atoms with Gasteiger partial charge in [0.2, 0.25) is 10.0 Å². The fraction of sp³-hybridized carbons (Fsp3) is 0.636. The van der Waals surface area contributed by atoms with E-state index in [0.29, 0.717) is 10.8 Å². The highest BCUT2D eigenvalue weighted by Crippen LogP contribution is 2.27. The summed E-state index contributed by atoms with van der Waals surface area (Å²) in [7, 11) is -2.43. The minimum Gasteiger partial charge on any atom is -0.315 e. The summed E-state index contributed by atoms with van der Waals surface area (Å²) in [6.07, 6.45) is -4.57. The van der Waals surface area contributed by atoms with Crippen LogP contribution in [0, 0.1) is 0 Å². The van der Waals surface area contributed by atoms with Crippen LogP contribution >= 0.6 is 11.3 Å². The van der Waals surface area contributed by atoms with Gasteiger partial charge in [0.1, 0.15) is 6.54 Å². The molecule has 0 aliphatic rings. The topological polar surface area (TPSA) is 49.4 Å². The Balaban J connectivity index is 3.09. The number of alkyl halides is 3. The minimum atomic E-state index is -4.57. The second-order valence-electron chi connectivity index (χ2n) is 4.54. The largest absolute Gasteiger partial charge is 0.402 e. The van der Waals surface area contributed by atoms with Gasteiger partial charge in [-0.05, 0) is 27.0 Å². The lowest BCUT2D eigenvalue weighted by Crippen LogP contribution is -2.43. The quantitative estimate of drug-likeness (QED) is 0.871. The van der Waals surface area contributed by atoms with E-state index in [1.165, 1.54) is 36.6 Å². The van der Waals surface area contributed by atoms with Crippen LogP contribution in [0.4, 0.5) is 13.2 Å². The van der Waals surface area contributed by atoms with Crippen molar-refractivity contribution < 1.29 is 21.6 Å². The number of nitrogens with one attached hydrogen (secondary N) is 1. The molecule has 0 amide bonds. The Morgan fingerprint density at radius 2 is 2.00 bits per heavy atom. The van der Waals surface area contributed by atoms with Gasteiger partial charge in [0.25, 0.3) is 0 Å². The van der Waals surface area contributed by atoms with Crippen molar-refractivity contribution in [2.24, 2.45) is 0 Å². The molecule has 9 heteroatoms. The van der Waals surface area contributed by atoms with Crippen LogP contribution in [0.1, 0.15) is 18.7 Å². The summed E-state index contributed by atoms with van der Waals surface area (Å²) in [5, 5.41) is 4.23. The molecule has 0 fully saturated rings. The molecule has 4 nitrogen and oxygen atoms in total. The molecule has 0 saturated heterocycles. The fourth-order valence-electron chi connectivity index (χ4n) is 1.62. The summed E-state index contributed by atoms with van der Waals surface area (Å²) in [6, 6.07) is 0.636. The van der Waals surface area contributed by atoms with Gasteiger partial charge in [-0.1, -0.05) is 0 Å². The van der Waals surface area contributed by atoms with Crippen molar-refractivity contribution >= 4 is 21.4 Å². The van der Waals surface area contributed by atoms with Gasteiger partial charge in [-0.15, -0.1) is 11.3 Å². The average molecular weight is 330 g/mol. The van der Waals surface area contributed by atoms with Gasteiger partial charge < -0.3 is 5.32 Å². The highest BCUT2D eigenvalue weighted by molar-refractivity contribution is 7.89. The van der Waals surface area contributed by atoms with Crippen LogP contribution in [0.5, 0.6) is 0 Å². The fourth-order valence-corrected chi connectivity index (χ4v) is 4.52. The van der Waals surface area contributed by atoms with Gasteiger partial charge in [0, 0.05) is 22.8 Å². The number of nitrogens with zero attached hydrogens (tertiary/aromatic N) is 1. The second kappa shape index (κ2) is 6.42. The molecule has 0 aromatic carbocycles. The van der Waals surface area contributed by atoms with Gasteiger partial charge in [-0.2, -0.15) is 17.5 Å². The smallest absolute Gasteiger partial charge is 0.315 e. The number of hydrogen-bond acceptors (Lipinski definition) is 4. The maximum Gasteiger partial charge on any atom is 0.402 e. The first kappa shape index (κ1) is 17.4. The van der Waals surface area contributed by atoms with Crippen LogP contribution in [-0.4, -0.2) is 38.5 Å². The van der Waals surface area contributed by atoms with Gasteiger partial charge in [0.15, 0.2) is 0 Å². The number of thiophene rings is 1. The van der Waals surface area contributed by atoms with Crippen LogP contribution in [0.25, 0.3) is 0 Å². The Morgan fingerprint density at radius 1 is 1.40 bits per heavy atom. The molecule has 1 aromatic heterocycles. The Bertz CT molecular complexity index is 538. The van der Waals surface area contributed by atoms with Crippen molar-refractivity contribution in [3.63, 3.8) is 0 Å². The van der Waals surface area contributed by atoms with E-state index in [-0.39, 0.29) is 4.90 Å². The van der Waals surface area contributed by atoms with Crippen molar-refractivity contribution in [3.05, 3.63) is 16.3 Å². The Morgan fingerprint density at radius 3 is 2.45 bits per heavy atom. The predicted molar refractivity (Wildman–Crippen MR) is 72.2 cm³/mol. The third-order valence-electron chi connectivity index (χ3n) is 2.50. The lowest BCUT2D eigenvalue weighted by atomic mass is 10.4. The van der Waals surface area contributed by atoms with Crippen molar-refractivity contribution in [1.82, 2.24) is 9.62 Å². The lowest BCUT2D eigenvalue weighted by molar-refractivity contribution is -0.138. The van der Waals surface area contributed by atoms with Crippen LogP contribution < -0.4 is 5.32 Å². The Labute approximate surface area is 120 Å². The van der Waals surface area contributed by atoms with Crippen molar-refractivity contribution in [2.75, 3.05) is 13.6 Å². The molecular weight excluding hydrogens is 313 g/mol. The molecule has 0 aliphatic heterocycles. The Kier molecular flexibility index (Phi) is 5.59. The van der Waals surface area contributed by atoms with E-state index in [0.717, 1.165) is 4.88 Å². The molecule has 1 aromatic rings. The van der Waals surface area contributed by atoms with Crippen molar-refractivity contribution in [3.8, 4) is 0 Å². The first-order chi connectivity index (χ1) is 9.08. The number of rotatable bonds is 6. The normalized spacial score (nSPS) is 13.4. The molecule has 0 radical (unpaired) electrons. The summed E-state index contributed by atoms with van der Waals surface area (Å²) in [5.74, 6) is 0. The van der Waals surface area contributed by atoms with Gasteiger partial charge in [-0.25, -0.2) is 8.42 Å². The molecule has 1 N–H and O–H groups in total. The van der Waals surface area contributed by atoms with Gasteiger partial charge in [-0.3, -0.25) is 0 Å². The summed E-state index contributed by atoms with van der Waals surface area (Å²) < 4.78 is 62.6. The highest BCUT2D eigenvalue weighted by atomic mass is 32.2. The SMILES string of the molecule is CNCc1cc(S(=O)(=O)N(CC(F)(F)F)C(C)C)cs1. The van der Waals surface area contributed by atoms with Gasteiger partial charge in [0.05, 0.1) is 4.90 Å². The van der Waals surface area contributed by atoms with Crippen LogP contribution in [0.3, 0.4) is 0 Å². The lowest BCUT2D eigenvalue weighted by Gasteiger charge is -2.26. The van der Waals surface area contributed by atoms with Crippen LogP contribution in [0.2, 0.25) is 0 Å². The Hall–Kier alpha value is -0.640. The highest BCUT2D eigenvalue weighted by Gasteiger charge is 2.38. The second-order valence-corrected chi connectivity index (χ2v) is 7.42. The molecular formula is C11H17F3N2O2S2. The molecule has 1 heterocycles. The molecule has 0 spiro atoms. The molecule has 0 atom stereocenters. The van der Waals surface area contributed by atoms with E-state index in [4.69, 9.17) is 0 Å². The summed E-state index contributed by atoms with van der Waals surface area (Å²) in [4.78, 5) is 0.660. The molecule has 0 saturated carbocycles. The maximum absolute atomic E-state index is 12.5. The molecule has 0 unspecified atom stereocenters. The first-order valence-electron chi connectivity index (χ1n) is 5.88. The monoisotopic (exact) mass is 330 g/mol. The van der Waals surface area contributed by atoms with E-state index in [2.05, 4.69) is 5.32 Å². The zero-order valence-electron chi connectivity index (χ0n) is 11.4. The zero-order valence-corrected chi connectivity index (χ0v) is 13.0. The van der Waals surface area contributed by atoms with Crippen molar-refractivity contribution in [1.29, 1.82) is 0 Å². The van der Waals surface area contributed by atoms with Gasteiger partial charge >= 0.3 is 6.18 Å². The summed E-state index contributed by atoms with van der Waals surface area (Å²) >= 11 is 1.20. The number of hydrogen-bond donors (Lipinski definition) is 1. The summed E-state index contributed by atoms with van der Waals surface area (Å²) in [5.41, 5.74) is 0. The van der Waals surface area contributed by atoms with E-state index >= 15 is 0 Å². The average Bonchev–Trinajstić information content (AvgIpc) is 2.74. The molecule has 20 heavy (non-hydrogen) atoms. The third-order valence-corrected chi connectivity index (χ3v) is 5.58. The molecule has 0 bridgehead atoms. The van der Waals surface area contributed by atoms with Crippen LogP contribution in [-0.2, 0) is 16.6 Å². The third kappa shape index (κ3) is 4.44. The van der Waals surface area contributed by atoms with E-state index in [9.17, 15) is 21.6 Å². The molecule has 116 valence electrons. The minimum absolute atomic E-state index is 0.0919. The van der Waals surface area contributed by atoms with E-state index in [1.807, 2.05) is 0 Å². The van der Waals surface area contributed by atoms with E-state index in [1.54, 1.807) is 7.05 Å². The number of halogens is 3. The maximum atomic E-state index is 12.5. The zero-order chi connectivity index (χ0) is 15.6. The molecule has 1 rings (SSSR count). The molecule has 0 aliphatic carbocycles. The summed E-state index contributed by atoms with van der Waals surface area (Å²) in [6.45, 7) is 1.83. The van der Waals surface area contributed by atoms with Crippen molar-refractivity contribution in [2.45, 2.75) is 37.5 Å². The number of sulfonamides is 1. The standard InChI is InChI=1S/C11H17F3N2O2S2/c1-8(2)16(7-11(12,13)14)20(17,18)10-4-9(5-15-3)19-6-10/h4,6,8,15H,5,7H2,1-3H3. The first-order valence-corrected chi connectivity index (χ1v) is 8.20. The van der Waals surface area contributed by atoms with Crippen LogP contribution in [0.15, 0.2) is 16.3 Å². The van der Waals surface area contributed by atoms with E-state index < -0.39 is 28.8 Å².